The summed E-state index contributed by atoms with van der Waals surface area (Å²) in [6.45, 7) is 3.67. The molecular weight excluding hydrogens is 204 g/mol. The van der Waals surface area contributed by atoms with Crippen LogP contribution < -0.4 is 0 Å². The number of rotatable bonds is 7. The second-order valence-electron chi connectivity index (χ2n) is 2.80. The van der Waals surface area contributed by atoms with Gasteiger partial charge in [0.05, 0.1) is 17.7 Å². The van der Waals surface area contributed by atoms with Crippen LogP contribution in [0.2, 0.25) is 0 Å². The van der Waals surface area contributed by atoms with Gasteiger partial charge in [-0.05, 0) is 12.8 Å². The first-order valence-electron chi connectivity index (χ1n) is 4.54. The molecule has 0 fully saturated rings. The van der Waals surface area contributed by atoms with Crippen LogP contribution in [0.5, 0.6) is 0 Å². The minimum absolute atomic E-state index is 0.0275. The zero-order valence-corrected chi connectivity index (χ0v) is 9.30. The van der Waals surface area contributed by atoms with E-state index in [2.05, 4.69) is 9.44 Å². The van der Waals surface area contributed by atoms with Crippen molar-refractivity contribution in [2.24, 2.45) is 5.16 Å². The van der Waals surface area contributed by atoms with Crippen LogP contribution in [-0.2, 0) is 14.4 Å². The Morgan fingerprint density at radius 1 is 1.50 bits per heavy atom. The molecule has 0 aromatic carbocycles. The average molecular weight is 220 g/mol. The Balaban J connectivity index is 3.99. The Kier molecular flexibility index (Phi) is 6.11. The maximum Gasteiger partial charge on any atom is 0.328 e. The van der Waals surface area contributed by atoms with Crippen molar-refractivity contribution < 1.29 is 12.7 Å². The number of nitrogens with zero attached hydrogens (tertiary/aromatic N) is 1. The molecule has 0 aromatic rings. The molecule has 0 radical (unpaired) electrons. The minimum Gasteiger partial charge on any atom is -0.304 e. The summed E-state index contributed by atoms with van der Waals surface area (Å²) in [5.74, 6) is -0.0275. The van der Waals surface area contributed by atoms with E-state index >= 15 is 0 Å². The summed E-state index contributed by atoms with van der Waals surface area (Å²) in [5.41, 5.74) is 0.232. The van der Waals surface area contributed by atoms with Crippen LogP contribution in [0.25, 0.3) is 0 Å². The lowest BCUT2D eigenvalue weighted by atomic mass is 10.3. The van der Waals surface area contributed by atoms with Crippen LogP contribution in [0.4, 0.5) is 0 Å². The van der Waals surface area contributed by atoms with Crippen LogP contribution in [0.1, 0.15) is 33.1 Å². The third kappa shape index (κ3) is 6.59. The summed E-state index contributed by atoms with van der Waals surface area (Å²) in [5, 5.41) is 10.4. The lowest BCUT2D eigenvalue weighted by Crippen LogP contribution is -2.08. The Labute approximate surface area is 84.8 Å². The SMILES string of the molecule is CCCCS(=O)(=O)ON=CC(=N)CC. The molecule has 6 heteroatoms. The molecule has 0 bridgehead atoms. The molecule has 0 amide bonds. The molecular formula is C8H16N2O3S. The summed E-state index contributed by atoms with van der Waals surface area (Å²) in [7, 11) is -3.54. The maximum absolute atomic E-state index is 11.1. The number of nitrogens with one attached hydrogen (secondary N) is 1. The lowest BCUT2D eigenvalue weighted by molar-refractivity contribution is 0.341. The van der Waals surface area contributed by atoms with Gasteiger partial charge >= 0.3 is 10.1 Å². The highest BCUT2D eigenvalue weighted by atomic mass is 32.2. The topological polar surface area (TPSA) is 79.6 Å². The van der Waals surface area contributed by atoms with E-state index in [9.17, 15) is 8.42 Å². The van der Waals surface area contributed by atoms with Gasteiger partial charge in [0, 0.05) is 0 Å². The highest BCUT2D eigenvalue weighted by Gasteiger charge is 2.09. The summed E-state index contributed by atoms with van der Waals surface area (Å²) in [4.78, 5) is 0. The molecule has 1 N–H and O–H groups in total. The Bertz CT molecular complexity index is 296. The van der Waals surface area contributed by atoms with Gasteiger partial charge in [-0.15, -0.1) is 0 Å². The van der Waals surface area contributed by atoms with Gasteiger partial charge in [-0.3, -0.25) is 4.28 Å². The average Bonchev–Trinajstić information content (AvgIpc) is 2.14. The molecule has 0 heterocycles. The van der Waals surface area contributed by atoms with Crippen molar-refractivity contribution in [1.82, 2.24) is 0 Å². The van der Waals surface area contributed by atoms with Crippen LogP contribution in [0.3, 0.4) is 0 Å². The van der Waals surface area contributed by atoms with Crippen molar-refractivity contribution in [2.45, 2.75) is 33.1 Å². The fraction of sp³-hybridized carbons (Fsp3) is 0.750. The van der Waals surface area contributed by atoms with Gasteiger partial charge in [-0.1, -0.05) is 25.4 Å². The highest BCUT2D eigenvalue weighted by Crippen LogP contribution is 1.98. The Hall–Kier alpha value is -0.910. The molecule has 14 heavy (non-hydrogen) atoms. The van der Waals surface area contributed by atoms with Gasteiger partial charge in [0.2, 0.25) is 0 Å². The van der Waals surface area contributed by atoms with Crippen molar-refractivity contribution in [3.63, 3.8) is 0 Å². The van der Waals surface area contributed by atoms with Crippen molar-refractivity contribution in [2.75, 3.05) is 5.75 Å². The molecule has 0 aromatic heterocycles. The first-order chi connectivity index (χ1) is 6.52. The zero-order chi connectivity index (χ0) is 11.0. The summed E-state index contributed by atoms with van der Waals surface area (Å²) >= 11 is 0. The predicted molar refractivity (Wildman–Crippen MR) is 56.3 cm³/mol. The first kappa shape index (κ1) is 13.1. The van der Waals surface area contributed by atoms with E-state index in [1.54, 1.807) is 6.92 Å². The quantitative estimate of drug-likeness (QED) is 0.522. The fourth-order valence-electron chi connectivity index (χ4n) is 0.600. The molecule has 0 aliphatic carbocycles. The molecule has 0 saturated carbocycles. The third-order valence-electron chi connectivity index (χ3n) is 1.49. The predicted octanol–water partition coefficient (Wildman–Crippen LogP) is 1.55. The normalized spacial score (nSPS) is 11.9. The molecule has 0 spiro atoms. The first-order valence-corrected chi connectivity index (χ1v) is 6.11. The number of oxime groups is 1. The summed E-state index contributed by atoms with van der Waals surface area (Å²) in [6, 6.07) is 0. The molecule has 82 valence electrons. The lowest BCUT2D eigenvalue weighted by Gasteiger charge is -1.98. The second kappa shape index (κ2) is 6.53. The van der Waals surface area contributed by atoms with E-state index < -0.39 is 10.1 Å². The van der Waals surface area contributed by atoms with E-state index in [0.717, 1.165) is 12.6 Å². The molecule has 0 rings (SSSR count). The van der Waals surface area contributed by atoms with E-state index in [4.69, 9.17) is 5.41 Å². The smallest absolute Gasteiger partial charge is 0.304 e. The van der Waals surface area contributed by atoms with Crippen LogP contribution in [-0.4, -0.2) is 26.1 Å². The van der Waals surface area contributed by atoms with Gasteiger partial charge < -0.3 is 5.41 Å². The van der Waals surface area contributed by atoms with Crippen LogP contribution in [0, 0.1) is 5.41 Å². The number of hydrogen-bond donors (Lipinski definition) is 1. The van der Waals surface area contributed by atoms with Crippen molar-refractivity contribution in [1.29, 1.82) is 5.41 Å². The molecule has 0 atom stereocenters. The summed E-state index contributed by atoms with van der Waals surface area (Å²) in [6.07, 6.45) is 2.95. The van der Waals surface area contributed by atoms with E-state index in [1.807, 2.05) is 6.92 Å². The molecule has 5 nitrogen and oxygen atoms in total. The standard InChI is InChI=1S/C8H16N2O3S/c1-3-5-6-14(11,12)13-10-7-8(9)4-2/h7,9H,3-6H2,1-2H3. The van der Waals surface area contributed by atoms with Gasteiger partial charge in [0.1, 0.15) is 0 Å². The van der Waals surface area contributed by atoms with E-state index in [-0.39, 0.29) is 11.5 Å². The van der Waals surface area contributed by atoms with Crippen molar-refractivity contribution >= 4 is 22.0 Å². The largest absolute Gasteiger partial charge is 0.328 e. The second-order valence-corrected chi connectivity index (χ2v) is 4.48. The monoisotopic (exact) mass is 220 g/mol. The molecule has 0 saturated heterocycles. The van der Waals surface area contributed by atoms with Crippen molar-refractivity contribution in [3.8, 4) is 0 Å². The van der Waals surface area contributed by atoms with Gasteiger partial charge in [0.25, 0.3) is 0 Å². The van der Waals surface area contributed by atoms with Crippen LogP contribution >= 0.6 is 0 Å². The van der Waals surface area contributed by atoms with Gasteiger partial charge in [-0.25, -0.2) is 0 Å². The van der Waals surface area contributed by atoms with Crippen LogP contribution in [0.15, 0.2) is 5.16 Å². The highest BCUT2D eigenvalue weighted by molar-refractivity contribution is 7.86. The fourth-order valence-corrected chi connectivity index (χ4v) is 1.49. The molecule has 0 aliphatic heterocycles. The molecule has 0 aliphatic rings. The Morgan fingerprint density at radius 2 is 2.14 bits per heavy atom. The zero-order valence-electron chi connectivity index (χ0n) is 8.49. The van der Waals surface area contributed by atoms with Crippen molar-refractivity contribution in [3.05, 3.63) is 0 Å². The third-order valence-corrected chi connectivity index (χ3v) is 2.60. The van der Waals surface area contributed by atoms with Gasteiger partial charge in [-0.2, -0.15) is 8.42 Å². The number of unbranched alkanes of at least 4 members (excludes halogenated alkanes) is 1. The Morgan fingerprint density at radius 3 is 2.64 bits per heavy atom. The number of hydrogen-bond acceptors (Lipinski definition) is 5. The summed E-state index contributed by atoms with van der Waals surface area (Å²) < 4.78 is 26.4. The maximum atomic E-state index is 11.1. The minimum atomic E-state index is -3.54. The van der Waals surface area contributed by atoms with Gasteiger partial charge in [0.15, 0.2) is 0 Å². The van der Waals surface area contributed by atoms with E-state index in [0.29, 0.717) is 12.8 Å². The molecule has 0 unspecified atom stereocenters. The van der Waals surface area contributed by atoms with E-state index in [1.165, 1.54) is 0 Å².